The molecular formula is C20H20FN3OS. The van der Waals surface area contributed by atoms with Crippen LogP contribution in [0.3, 0.4) is 0 Å². The largest absolute Gasteiger partial charge is 0.488 e. The van der Waals surface area contributed by atoms with Crippen LogP contribution in [0.15, 0.2) is 59.0 Å². The lowest BCUT2D eigenvalue weighted by molar-refractivity contribution is 0.131. The maximum Gasteiger partial charge on any atom is 0.203 e. The quantitative estimate of drug-likeness (QED) is 0.472. The van der Waals surface area contributed by atoms with Crippen LogP contribution in [0.25, 0.3) is 11.3 Å². The number of thiazole rings is 1. The molecule has 4 nitrogen and oxygen atoms in total. The number of aromatic nitrogens is 1. The lowest BCUT2D eigenvalue weighted by Gasteiger charge is -2.21. The smallest absolute Gasteiger partial charge is 0.203 e. The van der Waals surface area contributed by atoms with Gasteiger partial charge in [-0.3, -0.25) is 5.43 Å². The van der Waals surface area contributed by atoms with Gasteiger partial charge in [-0.05, 0) is 74.9 Å². The standard InChI is InChI=1S/C20H20FN3OS/c1-20(2,3)25-17-10-4-14(5-11-17)12-22-24-19-23-18(13-26-19)15-6-8-16(21)9-7-15/h4-13H,1-3H3,(H,23,24)/b22-12-. The summed E-state index contributed by atoms with van der Waals surface area (Å²) in [6.07, 6.45) is 1.72. The lowest BCUT2D eigenvalue weighted by atomic mass is 10.2. The average Bonchev–Trinajstić information content (AvgIpc) is 3.05. The monoisotopic (exact) mass is 369 g/mol. The van der Waals surface area contributed by atoms with Crippen LogP contribution in [0.1, 0.15) is 26.3 Å². The molecule has 0 amide bonds. The van der Waals surface area contributed by atoms with Crippen LogP contribution in [0, 0.1) is 5.82 Å². The van der Waals surface area contributed by atoms with E-state index in [1.807, 2.05) is 50.4 Å². The first-order chi connectivity index (χ1) is 12.4. The van der Waals surface area contributed by atoms with Crippen LogP contribution in [-0.4, -0.2) is 16.8 Å². The third-order valence-electron chi connectivity index (χ3n) is 3.32. The Balaban J connectivity index is 1.59. The summed E-state index contributed by atoms with van der Waals surface area (Å²) in [6, 6.07) is 14.0. The molecule has 1 aromatic heterocycles. The van der Waals surface area contributed by atoms with E-state index < -0.39 is 0 Å². The molecule has 26 heavy (non-hydrogen) atoms. The minimum Gasteiger partial charge on any atom is -0.488 e. The zero-order valence-electron chi connectivity index (χ0n) is 14.9. The van der Waals surface area contributed by atoms with E-state index in [4.69, 9.17) is 4.74 Å². The maximum absolute atomic E-state index is 13.0. The predicted octanol–water partition coefficient (Wildman–Crippen LogP) is 5.57. The molecule has 0 saturated heterocycles. The first kappa shape index (κ1) is 18.1. The number of ether oxygens (including phenoxy) is 1. The summed E-state index contributed by atoms with van der Waals surface area (Å²) < 4.78 is 18.8. The van der Waals surface area contributed by atoms with Crippen LogP contribution in [0.2, 0.25) is 0 Å². The Kier molecular flexibility index (Phi) is 5.32. The number of nitrogens with one attached hydrogen (secondary N) is 1. The average molecular weight is 369 g/mol. The maximum atomic E-state index is 13.0. The molecule has 0 saturated carbocycles. The molecule has 0 fully saturated rings. The van der Waals surface area contributed by atoms with Crippen molar-refractivity contribution in [1.29, 1.82) is 0 Å². The van der Waals surface area contributed by atoms with Gasteiger partial charge >= 0.3 is 0 Å². The van der Waals surface area contributed by atoms with E-state index in [0.29, 0.717) is 5.13 Å². The normalized spacial score (nSPS) is 11.7. The predicted molar refractivity (Wildman–Crippen MR) is 106 cm³/mol. The second kappa shape index (κ2) is 7.66. The van der Waals surface area contributed by atoms with Crippen molar-refractivity contribution in [2.45, 2.75) is 26.4 Å². The summed E-state index contributed by atoms with van der Waals surface area (Å²) in [6.45, 7) is 6.04. The summed E-state index contributed by atoms with van der Waals surface area (Å²) in [4.78, 5) is 4.45. The van der Waals surface area contributed by atoms with Gasteiger partial charge in [0.2, 0.25) is 5.13 Å². The van der Waals surface area contributed by atoms with Gasteiger partial charge in [0.05, 0.1) is 11.9 Å². The third-order valence-corrected chi connectivity index (χ3v) is 4.07. The molecule has 2 aromatic carbocycles. The lowest BCUT2D eigenvalue weighted by Crippen LogP contribution is -2.22. The van der Waals surface area contributed by atoms with Gasteiger partial charge < -0.3 is 4.74 Å². The zero-order valence-corrected chi connectivity index (χ0v) is 15.7. The van der Waals surface area contributed by atoms with Crippen LogP contribution >= 0.6 is 11.3 Å². The van der Waals surface area contributed by atoms with Crippen LogP contribution < -0.4 is 10.2 Å². The van der Waals surface area contributed by atoms with Gasteiger partial charge in [-0.25, -0.2) is 9.37 Å². The topological polar surface area (TPSA) is 46.5 Å². The van der Waals surface area contributed by atoms with Gasteiger partial charge in [-0.15, -0.1) is 11.3 Å². The molecule has 0 aliphatic rings. The number of benzene rings is 2. The SMILES string of the molecule is CC(C)(C)Oc1ccc(/C=N\Nc2nc(-c3ccc(F)cc3)cs2)cc1. The molecular weight excluding hydrogens is 349 g/mol. The third kappa shape index (κ3) is 5.13. The van der Waals surface area contributed by atoms with Crippen molar-refractivity contribution in [3.8, 4) is 17.0 Å². The molecule has 0 bridgehead atoms. The van der Waals surface area contributed by atoms with E-state index in [0.717, 1.165) is 22.6 Å². The molecule has 0 aliphatic heterocycles. The molecule has 6 heteroatoms. The molecule has 3 rings (SSSR count). The number of hydrogen-bond donors (Lipinski definition) is 1. The second-order valence-electron chi connectivity index (χ2n) is 6.70. The fourth-order valence-corrected chi connectivity index (χ4v) is 2.88. The Morgan fingerprint density at radius 2 is 1.77 bits per heavy atom. The van der Waals surface area contributed by atoms with Crippen molar-refractivity contribution in [2.75, 3.05) is 5.43 Å². The highest BCUT2D eigenvalue weighted by Crippen LogP contribution is 2.25. The van der Waals surface area contributed by atoms with E-state index in [2.05, 4.69) is 15.5 Å². The highest BCUT2D eigenvalue weighted by atomic mass is 32.1. The Labute approximate surface area is 156 Å². The second-order valence-corrected chi connectivity index (χ2v) is 7.56. The number of halogens is 1. The van der Waals surface area contributed by atoms with E-state index in [1.54, 1.807) is 18.3 Å². The van der Waals surface area contributed by atoms with Gasteiger partial charge in [0.1, 0.15) is 17.2 Å². The Bertz CT molecular complexity index is 881. The molecule has 1 N–H and O–H groups in total. The Morgan fingerprint density at radius 3 is 2.42 bits per heavy atom. The highest BCUT2D eigenvalue weighted by molar-refractivity contribution is 7.14. The van der Waals surface area contributed by atoms with Gasteiger partial charge in [0, 0.05) is 10.9 Å². The molecule has 3 aromatic rings. The van der Waals surface area contributed by atoms with Crippen LogP contribution in [0.4, 0.5) is 9.52 Å². The van der Waals surface area contributed by atoms with Gasteiger partial charge in [-0.1, -0.05) is 0 Å². The minimum atomic E-state index is -0.258. The number of rotatable bonds is 5. The highest BCUT2D eigenvalue weighted by Gasteiger charge is 2.11. The van der Waals surface area contributed by atoms with E-state index in [1.165, 1.54) is 23.5 Å². The summed E-state index contributed by atoms with van der Waals surface area (Å²) in [5.74, 6) is 0.567. The van der Waals surface area contributed by atoms with Crippen LogP contribution in [0.5, 0.6) is 5.75 Å². The molecule has 0 radical (unpaired) electrons. The van der Waals surface area contributed by atoms with Crippen molar-refractivity contribution in [3.63, 3.8) is 0 Å². The van der Waals surface area contributed by atoms with Crippen molar-refractivity contribution < 1.29 is 9.13 Å². The number of hydrazone groups is 1. The number of anilines is 1. The van der Waals surface area contributed by atoms with Gasteiger partial charge in [0.15, 0.2) is 0 Å². The number of nitrogens with zero attached hydrogens (tertiary/aromatic N) is 2. The minimum absolute atomic E-state index is 0.218. The molecule has 0 spiro atoms. The number of hydrogen-bond acceptors (Lipinski definition) is 5. The van der Waals surface area contributed by atoms with E-state index in [-0.39, 0.29) is 11.4 Å². The van der Waals surface area contributed by atoms with Crippen molar-refractivity contribution >= 4 is 22.7 Å². The van der Waals surface area contributed by atoms with Crippen molar-refractivity contribution in [1.82, 2.24) is 4.98 Å². The molecule has 0 atom stereocenters. The van der Waals surface area contributed by atoms with Crippen molar-refractivity contribution in [3.05, 3.63) is 65.3 Å². The molecule has 134 valence electrons. The fraction of sp³-hybridized carbons (Fsp3) is 0.200. The molecule has 1 heterocycles. The summed E-state index contributed by atoms with van der Waals surface area (Å²) in [5, 5.41) is 6.79. The van der Waals surface area contributed by atoms with E-state index in [9.17, 15) is 4.39 Å². The van der Waals surface area contributed by atoms with Gasteiger partial charge in [0.25, 0.3) is 0 Å². The van der Waals surface area contributed by atoms with Gasteiger partial charge in [-0.2, -0.15) is 5.10 Å². The fourth-order valence-electron chi connectivity index (χ4n) is 2.22. The summed E-state index contributed by atoms with van der Waals surface area (Å²) >= 11 is 1.44. The first-order valence-corrected chi connectivity index (χ1v) is 9.07. The Hall–Kier alpha value is -2.73. The summed E-state index contributed by atoms with van der Waals surface area (Å²) in [7, 11) is 0. The van der Waals surface area contributed by atoms with Crippen molar-refractivity contribution in [2.24, 2.45) is 5.10 Å². The zero-order chi connectivity index (χ0) is 18.6. The Morgan fingerprint density at radius 1 is 1.08 bits per heavy atom. The molecule has 0 aliphatic carbocycles. The first-order valence-electron chi connectivity index (χ1n) is 8.19. The molecule has 0 unspecified atom stereocenters. The summed E-state index contributed by atoms with van der Waals surface area (Å²) in [5.41, 5.74) is 5.31. The van der Waals surface area contributed by atoms with Crippen LogP contribution in [-0.2, 0) is 0 Å². The van der Waals surface area contributed by atoms with E-state index >= 15 is 0 Å².